The fourth-order valence-electron chi connectivity index (χ4n) is 2.08. The van der Waals surface area contributed by atoms with Crippen LogP contribution in [0.25, 0.3) is 0 Å². The number of methoxy groups -OCH3 is 1. The quantitative estimate of drug-likeness (QED) is 0.937. The topological polar surface area (TPSA) is 48.1 Å². The number of rotatable bonds is 3. The Labute approximate surface area is 122 Å². The summed E-state index contributed by atoms with van der Waals surface area (Å²) in [6.45, 7) is 6.32. The minimum atomic E-state index is -0.351. The van der Waals surface area contributed by atoms with E-state index in [-0.39, 0.29) is 17.0 Å². The van der Waals surface area contributed by atoms with E-state index in [2.05, 4.69) is 25.8 Å². The summed E-state index contributed by atoms with van der Waals surface area (Å²) in [6, 6.07) is 4.91. The molecule has 0 aliphatic rings. The Kier molecular flexibility index (Phi) is 3.99. The van der Waals surface area contributed by atoms with E-state index in [0.717, 1.165) is 16.1 Å². The molecule has 5 heteroatoms. The van der Waals surface area contributed by atoms with Gasteiger partial charge in [0.25, 0.3) is 0 Å². The Balaban J connectivity index is 2.35. The maximum atomic E-state index is 13.4. The van der Waals surface area contributed by atoms with Crippen molar-refractivity contribution >= 4 is 16.5 Å². The molecule has 0 amide bonds. The van der Waals surface area contributed by atoms with Gasteiger partial charge in [-0.2, -0.15) is 0 Å². The van der Waals surface area contributed by atoms with Gasteiger partial charge in [0, 0.05) is 16.7 Å². The minimum absolute atomic E-state index is 0.0619. The van der Waals surface area contributed by atoms with Crippen LogP contribution in [0.1, 0.15) is 36.9 Å². The molecule has 108 valence electrons. The Morgan fingerprint density at radius 1 is 1.35 bits per heavy atom. The first-order chi connectivity index (χ1) is 9.31. The normalized spacial score (nSPS) is 11.7. The number of halogens is 1. The monoisotopic (exact) mass is 294 g/mol. The van der Waals surface area contributed by atoms with Crippen LogP contribution < -0.4 is 10.5 Å². The number of hydrogen-bond acceptors (Lipinski definition) is 4. The molecule has 2 rings (SSSR count). The van der Waals surface area contributed by atoms with Crippen LogP contribution >= 0.6 is 11.3 Å². The summed E-state index contributed by atoms with van der Waals surface area (Å²) in [7, 11) is 1.47. The zero-order valence-corrected chi connectivity index (χ0v) is 13.0. The second kappa shape index (κ2) is 5.40. The van der Waals surface area contributed by atoms with E-state index in [4.69, 9.17) is 10.5 Å². The number of benzene rings is 1. The van der Waals surface area contributed by atoms with Gasteiger partial charge in [0.15, 0.2) is 16.7 Å². The van der Waals surface area contributed by atoms with Crippen LogP contribution in [0.2, 0.25) is 0 Å². The molecule has 0 saturated carbocycles. The molecule has 1 aromatic heterocycles. The molecule has 0 aliphatic carbocycles. The molecular weight excluding hydrogens is 275 g/mol. The molecule has 0 atom stereocenters. The Morgan fingerprint density at radius 3 is 2.65 bits per heavy atom. The third-order valence-electron chi connectivity index (χ3n) is 3.00. The molecule has 2 N–H and O–H groups in total. The lowest BCUT2D eigenvalue weighted by Crippen LogP contribution is -2.14. The van der Waals surface area contributed by atoms with Crippen molar-refractivity contribution in [2.45, 2.75) is 32.6 Å². The van der Waals surface area contributed by atoms with Crippen LogP contribution in [0, 0.1) is 5.82 Å². The van der Waals surface area contributed by atoms with Gasteiger partial charge in [-0.1, -0.05) is 26.8 Å². The smallest absolute Gasteiger partial charge is 0.180 e. The maximum Gasteiger partial charge on any atom is 0.180 e. The zero-order chi connectivity index (χ0) is 14.9. The van der Waals surface area contributed by atoms with Gasteiger partial charge in [-0.25, -0.2) is 9.37 Å². The lowest BCUT2D eigenvalue weighted by molar-refractivity contribution is 0.386. The van der Waals surface area contributed by atoms with Crippen LogP contribution in [0.3, 0.4) is 0 Å². The SMILES string of the molecule is COc1cc(Cc2sc(N)nc2C(C)(C)C)ccc1F. The van der Waals surface area contributed by atoms with Crippen LogP contribution in [0.4, 0.5) is 9.52 Å². The second-order valence-corrected chi connectivity index (χ2v) is 6.83. The van der Waals surface area contributed by atoms with Gasteiger partial charge in [-0.05, 0) is 17.7 Å². The van der Waals surface area contributed by atoms with Gasteiger partial charge >= 0.3 is 0 Å². The highest BCUT2D eigenvalue weighted by Crippen LogP contribution is 2.33. The third kappa shape index (κ3) is 3.10. The van der Waals surface area contributed by atoms with Gasteiger partial charge in [0.05, 0.1) is 12.8 Å². The molecule has 0 radical (unpaired) electrons. The highest BCUT2D eigenvalue weighted by atomic mass is 32.1. The number of nitrogens with zero attached hydrogens (tertiary/aromatic N) is 1. The molecule has 0 spiro atoms. The van der Waals surface area contributed by atoms with Crippen LogP contribution in [-0.2, 0) is 11.8 Å². The predicted octanol–water partition coefficient (Wildman–Crippen LogP) is 3.76. The molecule has 2 aromatic rings. The fraction of sp³-hybridized carbons (Fsp3) is 0.400. The Hall–Kier alpha value is -1.62. The minimum Gasteiger partial charge on any atom is -0.494 e. The van der Waals surface area contributed by atoms with Crippen LogP contribution in [0.5, 0.6) is 5.75 Å². The van der Waals surface area contributed by atoms with E-state index in [9.17, 15) is 4.39 Å². The molecular formula is C15H19FN2OS. The molecule has 0 saturated heterocycles. The number of anilines is 1. The standard InChI is InChI=1S/C15H19FN2OS/c1-15(2,3)13-12(20-14(17)18-13)8-9-5-6-10(16)11(7-9)19-4/h5-7H,8H2,1-4H3,(H2,17,18). The average molecular weight is 294 g/mol. The largest absolute Gasteiger partial charge is 0.494 e. The van der Waals surface area contributed by atoms with Gasteiger partial charge in [-0.3, -0.25) is 0 Å². The van der Waals surface area contributed by atoms with Gasteiger partial charge in [0.2, 0.25) is 0 Å². The van der Waals surface area contributed by atoms with E-state index in [1.54, 1.807) is 12.1 Å². The van der Waals surface area contributed by atoms with Gasteiger partial charge in [0.1, 0.15) is 0 Å². The van der Waals surface area contributed by atoms with E-state index in [1.165, 1.54) is 24.5 Å². The van der Waals surface area contributed by atoms with Gasteiger partial charge < -0.3 is 10.5 Å². The van der Waals surface area contributed by atoms with Crippen molar-refractivity contribution in [1.82, 2.24) is 4.98 Å². The highest BCUT2D eigenvalue weighted by molar-refractivity contribution is 7.15. The van der Waals surface area contributed by atoms with E-state index in [1.807, 2.05) is 0 Å². The number of hydrogen-bond donors (Lipinski definition) is 1. The summed E-state index contributed by atoms with van der Waals surface area (Å²) < 4.78 is 18.4. The first-order valence-electron chi connectivity index (χ1n) is 6.39. The average Bonchev–Trinajstić information content (AvgIpc) is 2.72. The highest BCUT2D eigenvalue weighted by Gasteiger charge is 2.22. The van der Waals surface area contributed by atoms with Crippen molar-refractivity contribution in [3.05, 3.63) is 40.2 Å². The summed E-state index contributed by atoms with van der Waals surface area (Å²) >= 11 is 1.49. The van der Waals surface area contributed by atoms with E-state index >= 15 is 0 Å². The number of ether oxygens (including phenoxy) is 1. The van der Waals surface area contributed by atoms with Crippen LogP contribution in [0.15, 0.2) is 18.2 Å². The first-order valence-corrected chi connectivity index (χ1v) is 7.21. The summed E-state index contributed by atoms with van der Waals surface area (Å²) in [5, 5.41) is 0.569. The van der Waals surface area contributed by atoms with E-state index < -0.39 is 0 Å². The lowest BCUT2D eigenvalue weighted by atomic mass is 9.90. The number of nitrogen functional groups attached to an aromatic ring is 1. The summed E-state index contributed by atoms with van der Waals surface area (Å²) in [6.07, 6.45) is 0.679. The van der Waals surface area contributed by atoms with Crippen molar-refractivity contribution in [2.24, 2.45) is 0 Å². The van der Waals surface area contributed by atoms with Crippen molar-refractivity contribution < 1.29 is 9.13 Å². The molecule has 0 bridgehead atoms. The molecule has 0 unspecified atom stereocenters. The summed E-state index contributed by atoms with van der Waals surface area (Å²) in [5.74, 6) is -0.0894. The number of nitrogens with two attached hydrogens (primary N) is 1. The van der Waals surface area contributed by atoms with Gasteiger partial charge in [-0.15, -0.1) is 11.3 Å². The van der Waals surface area contributed by atoms with Crippen molar-refractivity contribution in [3.63, 3.8) is 0 Å². The molecule has 20 heavy (non-hydrogen) atoms. The molecule has 0 fully saturated rings. The molecule has 3 nitrogen and oxygen atoms in total. The predicted molar refractivity (Wildman–Crippen MR) is 81.0 cm³/mol. The lowest BCUT2D eigenvalue weighted by Gasteiger charge is -2.17. The number of thiazole rings is 1. The summed E-state index contributed by atoms with van der Waals surface area (Å²) in [5.41, 5.74) is 7.76. The Morgan fingerprint density at radius 2 is 2.05 bits per heavy atom. The van der Waals surface area contributed by atoms with Crippen molar-refractivity contribution in [2.75, 3.05) is 12.8 Å². The molecule has 0 aliphatic heterocycles. The molecule has 1 aromatic carbocycles. The van der Waals surface area contributed by atoms with Crippen molar-refractivity contribution in [1.29, 1.82) is 0 Å². The maximum absolute atomic E-state index is 13.4. The fourth-order valence-corrected chi connectivity index (χ4v) is 3.15. The van der Waals surface area contributed by atoms with Crippen LogP contribution in [-0.4, -0.2) is 12.1 Å². The summed E-state index contributed by atoms with van der Waals surface area (Å²) in [4.78, 5) is 5.54. The number of aromatic nitrogens is 1. The van der Waals surface area contributed by atoms with Crippen molar-refractivity contribution in [3.8, 4) is 5.75 Å². The zero-order valence-electron chi connectivity index (χ0n) is 12.2. The van der Waals surface area contributed by atoms with E-state index in [0.29, 0.717) is 11.6 Å². The Bertz CT molecular complexity index is 617. The first kappa shape index (κ1) is 14.8. The third-order valence-corrected chi connectivity index (χ3v) is 3.89. The second-order valence-electron chi connectivity index (χ2n) is 5.72. The molecule has 1 heterocycles.